The number of hydrogen-bond acceptors (Lipinski definition) is 0. The molecule has 0 atom stereocenters. The highest BCUT2D eigenvalue weighted by Gasteiger charge is 2.29. The van der Waals surface area contributed by atoms with Gasteiger partial charge in [-0.1, -0.05) is 35.9 Å². The van der Waals surface area contributed by atoms with Crippen molar-refractivity contribution in [2.45, 2.75) is 6.18 Å². The summed E-state index contributed by atoms with van der Waals surface area (Å²) in [6.45, 7) is 0. The lowest BCUT2D eigenvalue weighted by Gasteiger charge is -2.07. The number of alkyl halides is 3. The Morgan fingerprint density at radius 3 is 1.53 bits per heavy atom. The molecule has 0 saturated carbocycles. The summed E-state index contributed by atoms with van der Waals surface area (Å²) in [6, 6.07) is 12.0. The van der Waals surface area contributed by atoms with Crippen LogP contribution in [-0.2, 0) is 6.18 Å². The van der Waals surface area contributed by atoms with E-state index in [0.717, 1.165) is 23.3 Å². The molecule has 0 unspecified atom stereocenters. The molecule has 2 aromatic carbocycles. The number of halogens is 4. The first kappa shape index (κ1) is 12.0. The summed E-state index contributed by atoms with van der Waals surface area (Å²) in [7, 11) is 0. The normalized spacial score (nSPS) is 11.5. The van der Waals surface area contributed by atoms with Gasteiger partial charge in [0.15, 0.2) is 0 Å². The first-order chi connectivity index (χ1) is 7.97. The third-order valence-electron chi connectivity index (χ3n) is 2.39. The van der Waals surface area contributed by atoms with E-state index in [2.05, 4.69) is 0 Å². The van der Waals surface area contributed by atoms with Gasteiger partial charge in [-0.2, -0.15) is 13.2 Å². The van der Waals surface area contributed by atoms with Crippen LogP contribution >= 0.6 is 11.6 Å². The van der Waals surface area contributed by atoms with Gasteiger partial charge in [-0.25, -0.2) is 0 Å². The molecule has 0 saturated heterocycles. The van der Waals surface area contributed by atoms with Gasteiger partial charge in [0.25, 0.3) is 0 Å². The third kappa shape index (κ3) is 2.80. The second-order valence-corrected chi connectivity index (χ2v) is 4.02. The molecule has 17 heavy (non-hydrogen) atoms. The molecule has 0 radical (unpaired) electrons. The van der Waals surface area contributed by atoms with Crippen LogP contribution in [0, 0.1) is 0 Å². The number of rotatable bonds is 1. The fraction of sp³-hybridized carbons (Fsp3) is 0.0769. The maximum atomic E-state index is 12.4. The SMILES string of the molecule is FC(F)(F)c1ccc(-c2ccc(Cl)cc2)cc1. The van der Waals surface area contributed by atoms with Crippen LogP contribution in [0.25, 0.3) is 11.1 Å². The van der Waals surface area contributed by atoms with E-state index in [9.17, 15) is 13.2 Å². The van der Waals surface area contributed by atoms with Crippen molar-refractivity contribution in [2.75, 3.05) is 0 Å². The predicted molar refractivity (Wildman–Crippen MR) is 61.9 cm³/mol. The van der Waals surface area contributed by atoms with Gasteiger partial charge < -0.3 is 0 Å². The van der Waals surface area contributed by atoms with Crippen LogP contribution in [0.1, 0.15) is 5.56 Å². The Morgan fingerprint density at radius 1 is 0.706 bits per heavy atom. The minimum absolute atomic E-state index is 0.598. The fourth-order valence-corrected chi connectivity index (χ4v) is 1.62. The molecule has 0 N–H and O–H groups in total. The fourth-order valence-electron chi connectivity index (χ4n) is 1.49. The Labute approximate surface area is 102 Å². The second-order valence-electron chi connectivity index (χ2n) is 3.58. The molecule has 88 valence electrons. The third-order valence-corrected chi connectivity index (χ3v) is 2.64. The van der Waals surface area contributed by atoms with E-state index in [0.29, 0.717) is 5.02 Å². The maximum Gasteiger partial charge on any atom is 0.416 e. The molecular weight excluding hydrogens is 249 g/mol. The van der Waals surface area contributed by atoms with Crippen LogP contribution in [0.5, 0.6) is 0 Å². The average molecular weight is 257 g/mol. The van der Waals surface area contributed by atoms with Crippen molar-refractivity contribution in [1.82, 2.24) is 0 Å². The molecule has 0 aliphatic rings. The highest BCUT2D eigenvalue weighted by Crippen LogP contribution is 2.31. The monoisotopic (exact) mass is 256 g/mol. The predicted octanol–water partition coefficient (Wildman–Crippen LogP) is 5.03. The van der Waals surface area contributed by atoms with Crippen molar-refractivity contribution >= 4 is 11.6 Å². The summed E-state index contributed by atoms with van der Waals surface area (Å²) < 4.78 is 37.1. The van der Waals surface area contributed by atoms with Crippen molar-refractivity contribution < 1.29 is 13.2 Å². The van der Waals surface area contributed by atoms with E-state index in [-0.39, 0.29) is 0 Å². The Hall–Kier alpha value is -1.48. The topological polar surface area (TPSA) is 0 Å². The largest absolute Gasteiger partial charge is 0.416 e. The van der Waals surface area contributed by atoms with Gasteiger partial charge in [0, 0.05) is 5.02 Å². The van der Waals surface area contributed by atoms with Gasteiger partial charge in [0.2, 0.25) is 0 Å². The van der Waals surface area contributed by atoms with Gasteiger partial charge in [0.05, 0.1) is 5.56 Å². The van der Waals surface area contributed by atoms with E-state index in [1.807, 2.05) is 0 Å². The van der Waals surface area contributed by atoms with Gasteiger partial charge in [0.1, 0.15) is 0 Å². The van der Waals surface area contributed by atoms with Crippen molar-refractivity contribution in [3.05, 3.63) is 59.1 Å². The Kier molecular flexibility index (Phi) is 3.11. The number of hydrogen-bond donors (Lipinski definition) is 0. The summed E-state index contributed by atoms with van der Waals surface area (Å²) in [5.41, 5.74) is 0.924. The van der Waals surface area contributed by atoms with Gasteiger partial charge in [-0.3, -0.25) is 0 Å². The molecule has 0 spiro atoms. The van der Waals surface area contributed by atoms with Gasteiger partial charge >= 0.3 is 6.18 Å². The van der Waals surface area contributed by atoms with Crippen molar-refractivity contribution in [3.63, 3.8) is 0 Å². The first-order valence-electron chi connectivity index (χ1n) is 4.90. The average Bonchev–Trinajstić information content (AvgIpc) is 2.29. The summed E-state index contributed by atoms with van der Waals surface area (Å²) in [5, 5.41) is 0.598. The first-order valence-corrected chi connectivity index (χ1v) is 5.28. The molecule has 0 bridgehead atoms. The minimum Gasteiger partial charge on any atom is -0.166 e. The molecule has 0 aliphatic carbocycles. The van der Waals surface area contributed by atoms with E-state index < -0.39 is 11.7 Å². The zero-order valence-corrected chi connectivity index (χ0v) is 9.39. The smallest absolute Gasteiger partial charge is 0.166 e. The quantitative estimate of drug-likeness (QED) is 0.672. The summed E-state index contributed by atoms with van der Waals surface area (Å²) in [6.07, 6.45) is -4.29. The van der Waals surface area contributed by atoms with Crippen LogP contribution in [0.15, 0.2) is 48.5 Å². The molecule has 2 aromatic rings. The van der Waals surface area contributed by atoms with E-state index >= 15 is 0 Å². The summed E-state index contributed by atoms with van der Waals surface area (Å²) >= 11 is 5.74. The van der Waals surface area contributed by atoms with Crippen molar-refractivity contribution in [1.29, 1.82) is 0 Å². The molecule has 2 rings (SSSR count). The lowest BCUT2D eigenvalue weighted by molar-refractivity contribution is -0.137. The van der Waals surface area contributed by atoms with E-state index in [1.54, 1.807) is 24.3 Å². The summed E-state index contributed by atoms with van der Waals surface area (Å²) in [5.74, 6) is 0. The Bertz CT molecular complexity index is 498. The Morgan fingerprint density at radius 2 is 1.12 bits per heavy atom. The zero-order valence-electron chi connectivity index (χ0n) is 8.63. The molecule has 0 amide bonds. The zero-order chi connectivity index (χ0) is 12.5. The van der Waals surface area contributed by atoms with Crippen LogP contribution in [0.2, 0.25) is 5.02 Å². The highest BCUT2D eigenvalue weighted by atomic mass is 35.5. The number of benzene rings is 2. The maximum absolute atomic E-state index is 12.4. The lowest BCUT2D eigenvalue weighted by Crippen LogP contribution is -2.03. The minimum atomic E-state index is -4.29. The molecule has 4 heteroatoms. The van der Waals surface area contributed by atoms with Crippen LogP contribution in [0.4, 0.5) is 13.2 Å². The molecule has 0 aromatic heterocycles. The van der Waals surface area contributed by atoms with Gasteiger partial charge in [-0.05, 0) is 35.4 Å². The molecule has 0 heterocycles. The summed E-state index contributed by atoms with van der Waals surface area (Å²) in [4.78, 5) is 0. The van der Waals surface area contributed by atoms with Crippen LogP contribution in [-0.4, -0.2) is 0 Å². The highest BCUT2D eigenvalue weighted by molar-refractivity contribution is 6.30. The van der Waals surface area contributed by atoms with E-state index in [4.69, 9.17) is 11.6 Å². The van der Waals surface area contributed by atoms with Crippen LogP contribution in [0.3, 0.4) is 0 Å². The van der Waals surface area contributed by atoms with Crippen molar-refractivity contribution in [2.24, 2.45) is 0 Å². The van der Waals surface area contributed by atoms with Gasteiger partial charge in [-0.15, -0.1) is 0 Å². The second kappa shape index (κ2) is 4.41. The lowest BCUT2D eigenvalue weighted by atomic mass is 10.0. The molecule has 0 aliphatic heterocycles. The van der Waals surface area contributed by atoms with Crippen LogP contribution < -0.4 is 0 Å². The standard InChI is InChI=1S/C13H8ClF3/c14-12-7-3-10(4-8-12)9-1-5-11(6-2-9)13(15,16)17/h1-8H. The molecular formula is C13H8ClF3. The Balaban J connectivity index is 2.33. The van der Waals surface area contributed by atoms with Crippen molar-refractivity contribution in [3.8, 4) is 11.1 Å². The molecule has 0 nitrogen and oxygen atoms in total. The van der Waals surface area contributed by atoms with E-state index in [1.165, 1.54) is 12.1 Å². The molecule has 0 fully saturated rings.